The minimum atomic E-state index is -4.77. The number of likely N-dealkylation sites (N-methyl/N-ethyl adjacent to an activating group) is 1. The average Bonchev–Trinajstić information content (AvgIpc) is 3.42. The highest BCUT2D eigenvalue weighted by atomic mass is 19.4. The van der Waals surface area contributed by atoms with Gasteiger partial charge in [0.2, 0.25) is 5.91 Å². The third kappa shape index (κ3) is 8.26. The molecule has 0 fully saturated rings. The number of imidazole rings is 1. The predicted octanol–water partition coefficient (Wildman–Crippen LogP) is 5.96. The Morgan fingerprint density at radius 3 is 2.30 bits per heavy atom. The highest BCUT2D eigenvalue weighted by Gasteiger charge is 2.36. The fraction of sp³-hybridized carbons (Fsp3) is 0.412. The van der Waals surface area contributed by atoms with E-state index in [0.717, 1.165) is 10.8 Å². The summed E-state index contributed by atoms with van der Waals surface area (Å²) >= 11 is 0. The number of halogens is 4. The quantitative estimate of drug-likeness (QED) is 0.182. The van der Waals surface area contributed by atoms with Crippen LogP contribution in [0.1, 0.15) is 66.6 Å². The number of rotatable bonds is 12. The van der Waals surface area contributed by atoms with E-state index < -0.39 is 53.5 Å². The first-order valence-corrected chi connectivity index (χ1v) is 15.2. The Labute approximate surface area is 269 Å². The summed E-state index contributed by atoms with van der Waals surface area (Å²) in [5.41, 5.74) is 1.24. The third-order valence-corrected chi connectivity index (χ3v) is 8.01. The van der Waals surface area contributed by atoms with Crippen molar-refractivity contribution in [2.24, 2.45) is 5.92 Å². The van der Waals surface area contributed by atoms with Crippen LogP contribution in [-0.4, -0.2) is 56.5 Å². The van der Waals surface area contributed by atoms with Gasteiger partial charge in [-0.1, -0.05) is 13.8 Å². The number of aliphatic carboxylic acids is 1. The van der Waals surface area contributed by atoms with Crippen LogP contribution in [-0.2, 0) is 22.2 Å². The molecule has 252 valence electrons. The van der Waals surface area contributed by atoms with Crippen molar-refractivity contribution in [2.75, 3.05) is 20.6 Å². The second-order valence-corrected chi connectivity index (χ2v) is 12.6. The maximum atomic E-state index is 14.2. The summed E-state index contributed by atoms with van der Waals surface area (Å²) in [5.74, 6) is -2.49. The molecule has 2 atom stereocenters. The molecule has 0 radical (unpaired) electrons. The Kier molecular flexibility index (Phi) is 10.6. The van der Waals surface area contributed by atoms with E-state index >= 15 is 0 Å². The third-order valence-electron chi connectivity index (χ3n) is 8.01. The van der Waals surface area contributed by atoms with Gasteiger partial charge < -0.3 is 19.9 Å². The molecule has 9 nitrogen and oxygen atoms in total. The molecule has 1 amide bonds. The zero-order chi connectivity index (χ0) is 34.8. The molecule has 47 heavy (non-hydrogen) atoms. The van der Waals surface area contributed by atoms with Crippen LogP contribution in [0, 0.1) is 25.6 Å². The Morgan fingerprint density at radius 1 is 1.06 bits per heavy atom. The van der Waals surface area contributed by atoms with E-state index in [1.807, 2.05) is 13.8 Å². The average molecular weight is 658 g/mol. The van der Waals surface area contributed by atoms with Gasteiger partial charge in [0.1, 0.15) is 17.5 Å². The van der Waals surface area contributed by atoms with Crippen molar-refractivity contribution in [1.29, 1.82) is 0 Å². The fourth-order valence-electron chi connectivity index (χ4n) is 5.88. The zero-order valence-electron chi connectivity index (χ0n) is 27.2. The van der Waals surface area contributed by atoms with Gasteiger partial charge in [-0.3, -0.25) is 18.8 Å². The second-order valence-electron chi connectivity index (χ2n) is 12.6. The van der Waals surface area contributed by atoms with Gasteiger partial charge in [0.05, 0.1) is 23.7 Å². The number of alkyl halides is 3. The van der Waals surface area contributed by atoms with Crippen molar-refractivity contribution in [3.05, 3.63) is 92.9 Å². The molecule has 3 heterocycles. The van der Waals surface area contributed by atoms with Gasteiger partial charge in [-0.15, -0.1) is 0 Å². The predicted molar refractivity (Wildman–Crippen MR) is 170 cm³/mol. The second kappa shape index (κ2) is 14.1. The molecule has 0 unspecified atom stereocenters. The molecule has 0 saturated carbocycles. The Morgan fingerprint density at radius 2 is 1.72 bits per heavy atom. The van der Waals surface area contributed by atoms with Gasteiger partial charge in [0, 0.05) is 36.8 Å². The maximum absolute atomic E-state index is 14.2. The van der Waals surface area contributed by atoms with Gasteiger partial charge in [-0.2, -0.15) is 13.2 Å². The van der Waals surface area contributed by atoms with Gasteiger partial charge in [-0.05, 0) is 93.2 Å². The minimum Gasteiger partial charge on any atom is -0.481 e. The van der Waals surface area contributed by atoms with E-state index in [1.165, 1.54) is 12.1 Å². The number of hydrogen-bond donors (Lipinski definition) is 2. The number of carboxylic acid groups (broad SMARTS) is 1. The molecule has 0 spiro atoms. The number of fused-ring (bicyclic) bond motifs is 1. The lowest BCUT2D eigenvalue weighted by molar-refractivity contribution is -0.139. The van der Waals surface area contributed by atoms with Crippen LogP contribution < -0.4 is 10.9 Å². The standard InChI is InChI=1S/C34H39F4N5O4/c1-19(2)11-28(43-18-22(7-9-41(5)6)25(16-30(43)44)34(36,37)38)33(47)40-26(17-31(45)46)23-14-27(42-10-8-39-29(42)15-23)32-20(3)12-24(35)13-21(32)4/h8,10,12-16,18-19,26,28H,7,9,11,17H2,1-6H3,(H,40,47)(H,45,46)/t26-,28-/m1/s1. The Balaban J connectivity index is 1.82. The highest BCUT2D eigenvalue weighted by molar-refractivity contribution is 5.82. The number of nitrogens with one attached hydrogen (secondary N) is 1. The first-order valence-electron chi connectivity index (χ1n) is 15.2. The number of carbonyl (C=O) groups excluding carboxylic acids is 1. The fourth-order valence-corrected chi connectivity index (χ4v) is 5.88. The van der Waals surface area contributed by atoms with E-state index in [1.54, 1.807) is 61.8 Å². The summed E-state index contributed by atoms with van der Waals surface area (Å²) in [5, 5.41) is 12.6. The van der Waals surface area contributed by atoms with E-state index in [9.17, 15) is 37.1 Å². The zero-order valence-corrected chi connectivity index (χ0v) is 27.2. The SMILES string of the molecule is Cc1cc(F)cc(C)c1-c1cc([C@@H](CC(=O)O)NC(=O)[C@@H](CC(C)C)n2cc(CCN(C)C)c(C(F)(F)F)cc2=O)cc2nccn12. The number of pyridine rings is 2. The van der Waals surface area contributed by atoms with Crippen LogP contribution in [0.2, 0.25) is 0 Å². The number of carbonyl (C=O) groups is 2. The van der Waals surface area contributed by atoms with Crippen LogP contribution in [0.3, 0.4) is 0 Å². The van der Waals surface area contributed by atoms with Crippen molar-refractivity contribution in [2.45, 2.75) is 65.2 Å². The van der Waals surface area contributed by atoms with Gasteiger partial charge in [0.15, 0.2) is 0 Å². The largest absolute Gasteiger partial charge is 0.481 e. The number of benzene rings is 1. The summed E-state index contributed by atoms with van der Waals surface area (Å²) in [4.78, 5) is 45.4. The molecule has 0 aliphatic rings. The van der Waals surface area contributed by atoms with Crippen molar-refractivity contribution in [3.63, 3.8) is 0 Å². The van der Waals surface area contributed by atoms with Crippen molar-refractivity contribution in [1.82, 2.24) is 24.2 Å². The molecular weight excluding hydrogens is 618 g/mol. The monoisotopic (exact) mass is 657 g/mol. The lowest BCUT2D eigenvalue weighted by Crippen LogP contribution is -2.40. The van der Waals surface area contributed by atoms with E-state index in [4.69, 9.17) is 0 Å². The van der Waals surface area contributed by atoms with Crippen molar-refractivity contribution in [3.8, 4) is 11.3 Å². The van der Waals surface area contributed by atoms with Crippen molar-refractivity contribution >= 4 is 17.5 Å². The van der Waals surface area contributed by atoms with Gasteiger partial charge >= 0.3 is 12.1 Å². The lowest BCUT2D eigenvalue weighted by atomic mass is 9.95. The number of amides is 1. The molecule has 0 saturated heterocycles. The summed E-state index contributed by atoms with van der Waals surface area (Å²) in [6, 6.07) is 4.30. The van der Waals surface area contributed by atoms with Crippen molar-refractivity contribution < 1.29 is 32.3 Å². The number of nitrogens with zero attached hydrogens (tertiary/aromatic N) is 4. The molecule has 4 rings (SSSR count). The topological polar surface area (TPSA) is 109 Å². The molecule has 0 aliphatic heterocycles. The minimum absolute atomic E-state index is 0.0187. The number of carboxylic acids is 1. The summed E-state index contributed by atoms with van der Waals surface area (Å²) in [7, 11) is 3.43. The molecule has 3 aromatic heterocycles. The van der Waals surface area contributed by atoms with Crippen LogP contribution >= 0.6 is 0 Å². The molecule has 4 aromatic rings. The van der Waals surface area contributed by atoms with E-state index in [-0.39, 0.29) is 30.9 Å². The number of aryl methyl sites for hydroxylation is 2. The van der Waals surface area contributed by atoms with Gasteiger partial charge in [0.25, 0.3) is 5.56 Å². The molecule has 1 aromatic carbocycles. The van der Waals surface area contributed by atoms with Crippen LogP contribution in [0.25, 0.3) is 16.9 Å². The summed E-state index contributed by atoms with van der Waals surface area (Å²) < 4.78 is 58.7. The molecule has 0 bridgehead atoms. The normalized spacial score (nSPS) is 13.4. The first-order chi connectivity index (χ1) is 22.0. The number of aromatic nitrogens is 3. The smallest absolute Gasteiger partial charge is 0.416 e. The van der Waals surface area contributed by atoms with Crippen LogP contribution in [0.15, 0.2) is 53.7 Å². The van der Waals surface area contributed by atoms with Crippen LogP contribution in [0.5, 0.6) is 0 Å². The molecule has 0 aliphatic carbocycles. The highest BCUT2D eigenvalue weighted by Crippen LogP contribution is 2.34. The van der Waals surface area contributed by atoms with Crippen LogP contribution in [0.4, 0.5) is 17.6 Å². The Hall–Kier alpha value is -4.52. The molecular formula is C34H39F4N5O4. The first kappa shape index (κ1) is 35.3. The van der Waals surface area contributed by atoms with E-state index in [2.05, 4.69) is 10.3 Å². The van der Waals surface area contributed by atoms with E-state index in [0.29, 0.717) is 39.7 Å². The summed E-state index contributed by atoms with van der Waals surface area (Å²) in [6.07, 6.45) is -0.851. The number of hydrogen-bond acceptors (Lipinski definition) is 5. The molecule has 2 N–H and O–H groups in total. The Bertz CT molecular complexity index is 1820. The summed E-state index contributed by atoms with van der Waals surface area (Å²) in [6.45, 7) is 7.39. The maximum Gasteiger partial charge on any atom is 0.416 e. The molecule has 13 heteroatoms. The van der Waals surface area contributed by atoms with Gasteiger partial charge in [-0.25, -0.2) is 9.37 Å². The lowest BCUT2D eigenvalue weighted by Gasteiger charge is -2.26.